The molecule has 5 N–H and O–H groups in total. The first-order chi connectivity index (χ1) is 9.02. The van der Waals surface area contributed by atoms with Crippen LogP contribution < -0.4 is 5.32 Å². The first-order valence-electron chi connectivity index (χ1n) is 6.16. The van der Waals surface area contributed by atoms with Crippen LogP contribution in [0.3, 0.4) is 0 Å². The molecule has 0 amide bonds. The van der Waals surface area contributed by atoms with Gasteiger partial charge < -0.3 is 30.5 Å². The van der Waals surface area contributed by atoms with Gasteiger partial charge in [0.1, 0.15) is 24.4 Å². The molecule has 6 nitrogen and oxygen atoms in total. The molecule has 1 fully saturated rings. The van der Waals surface area contributed by atoms with Crippen LogP contribution >= 0.6 is 0 Å². The van der Waals surface area contributed by atoms with Gasteiger partial charge in [0.05, 0.1) is 6.61 Å². The number of aliphatic hydroxyl groups excluding tert-OH is 4. The molecular formula is C13H19NO5. The Morgan fingerprint density at radius 1 is 1.05 bits per heavy atom. The molecule has 1 heterocycles. The van der Waals surface area contributed by atoms with E-state index in [1.807, 2.05) is 31.2 Å². The van der Waals surface area contributed by atoms with E-state index < -0.39 is 37.3 Å². The molecule has 0 aromatic heterocycles. The lowest BCUT2D eigenvalue weighted by Crippen LogP contribution is -2.60. The Morgan fingerprint density at radius 3 is 2.26 bits per heavy atom. The summed E-state index contributed by atoms with van der Waals surface area (Å²) in [7, 11) is 0. The summed E-state index contributed by atoms with van der Waals surface area (Å²) in [6, 6.07) is 7.42. The minimum Gasteiger partial charge on any atom is -0.394 e. The van der Waals surface area contributed by atoms with Crippen molar-refractivity contribution in [1.29, 1.82) is 0 Å². The van der Waals surface area contributed by atoms with Crippen molar-refractivity contribution in [3.05, 3.63) is 29.8 Å². The highest BCUT2D eigenvalue weighted by Crippen LogP contribution is 2.22. The predicted molar refractivity (Wildman–Crippen MR) is 68.6 cm³/mol. The number of benzene rings is 1. The highest BCUT2D eigenvalue weighted by Gasteiger charge is 2.43. The SMILES string of the molecule is Cc1ccc(N[C@@H]2O[C@H](CO)[C@@H](O)[C@H](O)[C@@H]2O)cc1. The monoisotopic (exact) mass is 269 g/mol. The van der Waals surface area contributed by atoms with Crippen molar-refractivity contribution < 1.29 is 25.2 Å². The van der Waals surface area contributed by atoms with Crippen molar-refractivity contribution in [2.45, 2.75) is 37.6 Å². The number of hydrogen-bond donors (Lipinski definition) is 5. The summed E-state index contributed by atoms with van der Waals surface area (Å²) >= 11 is 0. The summed E-state index contributed by atoms with van der Waals surface area (Å²) in [4.78, 5) is 0. The lowest BCUT2D eigenvalue weighted by atomic mass is 9.98. The molecular weight excluding hydrogens is 250 g/mol. The number of aryl methyl sites for hydroxylation is 1. The summed E-state index contributed by atoms with van der Waals surface area (Å²) in [5.41, 5.74) is 1.81. The average molecular weight is 269 g/mol. The molecule has 106 valence electrons. The third-order valence-corrected chi connectivity index (χ3v) is 3.25. The molecule has 2 rings (SSSR count). The molecule has 19 heavy (non-hydrogen) atoms. The van der Waals surface area contributed by atoms with Crippen molar-refractivity contribution in [3.63, 3.8) is 0 Å². The van der Waals surface area contributed by atoms with Crippen LogP contribution in [-0.2, 0) is 4.74 Å². The van der Waals surface area contributed by atoms with Crippen LogP contribution in [0.2, 0.25) is 0 Å². The fraction of sp³-hybridized carbons (Fsp3) is 0.538. The summed E-state index contributed by atoms with van der Waals surface area (Å²) < 4.78 is 5.34. The van der Waals surface area contributed by atoms with Crippen LogP contribution in [0.5, 0.6) is 0 Å². The lowest BCUT2D eigenvalue weighted by Gasteiger charge is -2.40. The molecule has 1 aromatic carbocycles. The second kappa shape index (κ2) is 5.85. The van der Waals surface area contributed by atoms with Crippen LogP contribution in [0, 0.1) is 6.92 Å². The number of hydrogen-bond acceptors (Lipinski definition) is 6. The van der Waals surface area contributed by atoms with E-state index in [0.29, 0.717) is 0 Å². The van der Waals surface area contributed by atoms with E-state index in [2.05, 4.69) is 5.32 Å². The van der Waals surface area contributed by atoms with E-state index in [0.717, 1.165) is 11.3 Å². The number of aliphatic hydroxyl groups is 4. The Morgan fingerprint density at radius 2 is 1.68 bits per heavy atom. The van der Waals surface area contributed by atoms with E-state index in [9.17, 15) is 15.3 Å². The van der Waals surface area contributed by atoms with Crippen molar-refractivity contribution in [2.75, 3.05) is 11.9 Å². The van der Waals surface area contributed by atoms with Crippen molar-refractivity contribution in [3.8, 4) is 0 Å². The standard InChI is InChI=1S/C13H19NO5/c1-7-2-4-8(5-3-7)14-13-12(18)11(17)10(16)9(6-15)19-13/h2-5,9-18H,6H2,1H3/t9-,10-,11+,12+,13-/m1/s1. The number of rotatable bonds is 3. The summed E-state index contributed by atoms with van der Waals surface area (Å²) in [5.74, 6) is 0. The highest BCUT2D eigenvalue weighted by atomic mass is 16.6. The maximum atomic E-state index is 9.86. The number of anilines is 1. The van der Waals surface area contributed by atoms with Crippen LogP contribution in [0.15, 0.2) is 24.3 Å². The van der Waals surface area contributed by atoms with Gasteiger partial charge in [-0.05, 0) is 19.1 Å². The van der Waals surface area contributed by atoms with Crippen molar-refractivity contribution in [1.82, 2.24) is 0 Å². The molecule has 5 atom stereocenters. The van der Waals surface area contributed by atoms with Crippen LogP contribution in [-0.4, -0.2) is 57.7 Å². The van der Waals surface area contributed by atoms with E-state index in [-0.39, 0.29) is 0 Å². The van der Waals surface area contributed by atoms with E-state index >= 15 is 0 Å². The number of ether oxygens (including phenoxy) is 1. The van der Waals surface area contributed by atoms with Gasteiger partial charge in [0.25, 0.3) is 0 Å². The summed E-state index contributed by atoms with van der Waals surface area (Å²) in [5, 5.41) is 41.2. The molecule has 0 unspecified atom stereocenters. The largest absolute Gasteiger partial charge is 0.394 e. The van der Waals surface area contributed by atoms with Crippen molar-refractivity contribution in [2.24, 2.45) is 0 Å². The van der Waals surface area contributed by atoms with Gasteiger partial charge in [-0.1, -0.05) is 17.7 Å². The third-order valence-electron chi connectivity index (χ3n) is 3.25. The molecule has 6 heteroatoms. The first kappa shape index (κ1) is 14.2. The Kier molecular flexibility index (Phi) is 4.38. The average Bonchev–Trinajstić information content (AvgIpc) is 2.42. The second-order valence-electron chi connectivity index (χ2n) is 4.76. The topological polar surface area (TPSA) is 102 Å². The normalized spacial score (nSPS) is 35.1. The molecule has 0 aliphatic carbocycles. The molecule has 1 aromatic rings. The fourth-order valence-corrected chi connectivity index (χ4v) is 2.03. The molecule has 0 bridgehead atoms. The highest BCUT2D eigenvalue weighted by molar-refractivity contribution is 5.45. The van der Waals surface area contributed by atoms with E-state index in [1.54, 1.807) is 0 Å². The van der Waals surface area contributed by atoms with Crippen molar-refractivity contribution >= 4 is 5.69 Å². The fourth-order valence-electron chi connectivity index (χ4n) is 2.03. The minimum atomic E-state index is -1.37. The zero-order chi connectivity index (χ0) is 14.0. The first-order valence-corrected chi connectivity index (χ1v) is 6.16. The van der Waals surface area contributed by atoms with Gasteiger partial charge in [-0.2, -0.15) is 0 Å². The third kappa shape index (κ3) is 3.05. The molecule has 1 aliphatic heterocycles. The van der Waals surface area contributed by atoms with Gasteiger partial charge in [0.15, 0.2) is 6.23 Å². The van der Waals surface area contributed by atoms with Crippen LogP contribution in [0.25, 0.3) is 0 Å². The second-order valence-corrected chi connectivity index (χ2v) is 4.76. The smallest absolute Gasteiger partial charge is 0.157 e. The predicted octanol–water partition coefficient (Wildman–Crippen LogP) is -0.793. The van der Waals surface area contributed by atoms with Gasteiger partial charge in [-0.3, -0.25) is 0 Å². The Balaban J connectivity index is 2.08. The van der Waals surface area contributed by atoms with Gasteiger partial charge in [0, 0.05) is 5.69 Å². The minimum absolute atomic E-state index is 0.434. The maximum Gasteiger partial charge on any atom is 0.157 e. The zero-order valence-corrected chi connectivity index (χ0v) is 10.6. The van der Waals surface area contributed by atoms with Gasteiger partial charge in [0.2, 0.25) is 0 Å². The molecule has 0 spiro atoms. The Bertz CT molecular complexity index is 408. The van der Waals surface area contributed by atoms with Crippen LogP contribution in [0.1, 0.15) is 5.56 Å². The lowest BCUT2D eigenvalue weighted by molar-refractivity contribution is -0.221. The molecule has 0 saturated carbocycles. The molecule has 0 radical (unpaired) electrons. The van der Waals surface area contributed by atoms with Gasteiger partial charge in [-0.25, -0.2) is 0 Å². The zero-order valence-electron chi connectivity index (χ0n) is 10.6. The maximum absolute atomic E-state index is 9.86. The quantitative estimate of drug-likeness (QED) is 0.493. The van der Waals surface area contributed by atoms with Crippen LogP contribution in [0.4, 0.5) is 5.69 Å². The Hall–Kier alpha value is -1.18. The molecule has 1 aliphatic rings. The van der Waals surface area contributed by atoms with E-state index in [4.69, 9.17) is 9.84 Å². The molecule has 1 saturated heterocycles. The summed E-state index contributed by atoms with van der Waals surface area (Å²) in [6.45, 7) is 1.52. The van der Waals surface area contributed by atoms with E-state index in [1.165, 1.54) is 0 Å². The summed E-state index contributed by atoms with van der Waals surface area (Å²) in [6.07, 6.45) is -5.77. The number of nitrogens with one attached hydrogen (secondary N) is 1. The Labute approximate surface area is 111 Å². The van der Waals surface area contributed by atoms with Gasteiger partial charge in [-0.15, -0.1) is 0 Å². The van der Waals surface area contributed by atoms with Gasteiger partial charge >= 0.3 is 0 Å².